The summed E-state index contributed by atoms with van der Waals surface area (Å²) in [6.45, 7) is -0.262. The number of benzene rings is 1. The van der Waals surface area contributed by atoms with E-state index < -0.39 is 30.3 Å². The lowest BCUT2D eigenvalue weighted by molar-refractivity contribution is -0.132. The number of amides is 2. The molecule has 0 saturated carbocycles. The van der Waals surface area contributed by atoms with Crippen molar-refractivity contribution in [2.75, 3.05) is 18.0 Å². The maximum atomic E-state index is 14.5. The highest BCUT2D eigenvalue weighted by Gasteiger charge is 2.33. The van der Waals surface area contributed by atoms with Gasteiger partial charge in [0.25, 0.3) is 5.91 Å². The molecule has 0 bridgehead atoms. The number of allylic oxidation sites excluding steroid dienone is 4. The predicted molar refractivity (Wildman–Crippen MR) is 93.6 cm³/mol. The van der Waals surface area contributed by atoms with Crippen LogP contribution in [0.25, 0.3) is 0 Å². The molecule has 2 aliphatic rings. The van der Waals surface area contributed by atoms with Crippen molar-refractivity contribution in [3.63, 3.8) is 0 Å². The summed E-state index contributed by atoms with van der Waals surface area (Å²) < 4.78 is 43.9. The molecule has 1 heterocycles. The van der Waals surface area contributed by atoms with Crippen LogP contribution in [-0.2, 0) is 20.7 Å². The number of cyclic esters (lactones) is 1. The van der Waals surface area contributed by atoms with E-state index in [1.54, 1.807) is 18.2 Å². The number of anilines is 1. The molecule has 1 saturated heterocycles. The van der Waals surface area contributed by atoms with Crippen molar-refractivity contribution in [2.24, 2.45) is 0 Å². The fraction of sp³-hybridized carbons (Fsp3) is 0.316. The Morgan fingerprint density at radius 1 is 1.29 bits per heavy atom. The van der Waals surface area contributed by atoms with Gasteiger partial charge < -0.3 is 10.1 Å². The number of nitrogens with zero attached hydrogens (tertiary/aromatic N) is 1. The minimum absolute atomic E-state index is 0.00284. The summed E-state index contributed by atoms with van der Waals surface area (Å²) in [6.07, 6.45) is 0.725. The molecule has 0 aromatic heterocycles. The molecule has 3 rings (SSSR count). The zero-order valence-electron chi connectivity index (χ0n) is 14.7. The normalized spacial score (nSPS) is 19.1. The van der Waals surface area contributed by atoms with Crippen LogP contribution in [0.4, 0.5) is 23.7 Å². The van der Waals surface area contributed by atoms with Gasteiger partial charge in [0.05, 0.1) is 18.8 Å². The molecule has 2 amide bonds. The van der Waals surface area contributed by atoms with Crippen LogP contribution in [0.5, 0.6) is 0 Å². The van der Waals surface area contributed by atoms with Crippen LogP contribution in [0.2, 0.25) is 0 Å². The van der Waals surface area contributed by atoms with Gasteiger partial charge in [-0.25, -0.2) is 9.18 Å². The molecule has 148 valence electrons. The molecule has 6 nitrogen and oxygen atoms in total. The summed E-state index contributed by atoms with van der Waals surface area (Å²) in [5, 5.41) is 1.98. The summed E-state index contributed by atoms with van der Waals surface area (Å²) >= 11 is 0. The molecule has 28 heavy (non-hydrogen) atoms. The fourth-order valence-electron chi connectivity index (χ4n) is 2.90. The maximum absolute atomic E-state index is 14.5. The number of hydrogen-bond donors (Lipinski definition) is 1. The first-order chi connectivity index (χ1) is 13.3. The number of carbonyl (C=O) groups is 3. The lowest BCUT2D eigenvalue weighted by Gasteiger charge is -2.15. The Morgan fingerprint density at radius 2 is 2.07 bits per heavy atom. The largest absolute Gasteiger partial charge is 0.442 e. The molecular weight excluding hydrogens is 377 g/mol. The van der Waals surface area contributed by atoms with Crippen LogP contribution in [0.3, 0.4) is 0 Å². The van der Waals surface area contributed by atoms with Gasteiger partial charge in [0.1, 0.15) is 11.9 Å². The van der Waals surface area contributed by atoms with E-state index in [0.717, 1.165) is 5.57 Å². The second-order valence-electron chi connectivity index (χ2n) is 6.40. The van der Waals surface area contributed by atoms with Gasteiger partial charge in [-0.3, -0.25) is 14.5 Å². The Labute approximate surface area is 158 Å². The highest BCUT2D eigenvalue weighted by atomic mass is 19.3. The van der Waals surface area contributed by atoms with Gasteiger partial charge >= 0.3 is 12.5 Å². The number of nitrogens with one attached hydrogen (secondary N) is 1. The molecule has 1 aromatic carbocycles. The van der Waals surface area contributed by atoms with E-state index >= 15 is 0 Å². The molecule has 0 spiro atoms. The molecule has 0 radical (unpaired) electrons. The number of rotatable bonds is 6. The first kappa shape index (κ1) is 19.7. The first-order valence-electron chi connectivity index (χ1n) is 8.56. The molecule has 1 aliphatic carbocycles. The van der Waals surface area contributed by atoms with Crippen molar-refractivity contribution >= 4 is 23.5 Å². The average Bonchev–Trinajstić information content (AvgIpc) is 3.03. The van der Waals surface area contributed by atoms with E-state index in [0.29, 0.717) is 12.0 Å². The Balaban J connectivity index is 1.63. The van der Waals surface area contributed by atoms with E-state index in [1.165, 1.54) is 23.1 Å². The number of halogens is 3. The van der Waals surface area contributed by atoms with Crippen LogP contribution in [0.1, 0.15) is 12.0 Å². The fourth-order valence-corrected chi connectivity index (χ4v) is 2.90. The zero-order chi connectivity index (χ0) is 20.3. The van der Waals surface area contributed by atoms with Crippen LogP contribution in [0.15, 0.2) is 42.0 Å². The van der Waals surface area contributed by atoms with Gasteiger partial charge in [-0.05, 0) is 29.3 Å². The Kier molecular flexibility index (Phi) is 5.81. The van der Waals surface area contributed by atoms with Crippen LogP contribution < -0.4 is 10.2 Å². The number of alkyl halides is 2. The summed E-state index contributed by atoms with van der Waals surface area (Å²) in [7, 11) is 0. The predicted octanol–water partition coefficient (Wildman–Crippen LogP) is 2.53. The van der Waals surface area contributed by atoms with Crippen LogP contribution in [-0.4, -0.2) is 43.4 Å². The smallest absolute Gasteiger partial charge is 0.414 e. The Bertz CT molecular complexity index is 867. The van der Waals surface area contributed by atoms with Gasteiger partial charge in [-0.1, -0.05) is 18.2 Å². The molecule has 1 aliphatic heterocycles. The molecule has 9 heteroatoms. The number of ketones is 1. The third-order valence-electron chi connectivity index (χ3n) is 4.37. The van der Waals surface area contributed by atoms with Crippen LogP contribution in [0, 0.1) is 5.82 Å². The summed E-state index contributed by atoms with van der Waals surface area (Å²) in [5.74, 6) is -1.98. The number of carbonyl (C=O) groups excluding carboxylic acids is 3. The quantitative estimate of drug-likeness (QED) is 0.805. The highest BCUT2D eigenvalue weighted by molar-refractivity contribution is 5.92. The monoisotopic (exact) mass is 394 g/mol. The van der Waals surface area contributed by atoms with Gasteiger partial charge in [0.15, 0.2) is 5.78 Å². The first-order valence-corrected chi connectivity index (χ1v) is 8.56. The molecule has 1 aromatic rings. The maximum Gasteiger partial charge on any atom is 0.414 e. The van der Waals surface area contributed by atoms with E-state index in [9.17, 15) is 27.6 Å². The average molecular weight is 394 g/mol. The van der Waals surface area contributed by atoms with E-state index in [1.807, 2.05) is 5.32 Å². The molecular formula is C19H17F3N2O4. The lowest BCUT2D eigenvalue weighted by Crippen LogP contribution is -2.37. The summed E-state index contributed by atoms with van der Waals surface area (Å²) in [5.41, 5.74) is 1.49. The van der Waals surface area contributed by atoms with Crippen LogP contribution >= 0.6 is 0 Å². The molecule has 0 unspecified atom stereocenters. The number of ether oxygens (including phenoxy) is 1. The topological polar surface area (TPSA) is 75.7 Å². The summed E-state index contributed by atoms with van der Waals surface area (Å²) in [6, 6.07) is 4.28. The zero-order valence-corrected chi connectivity index (χ0v) is 14.7. The summed E-state index contributed by atoms with van der Waals surface area (Å²) in [4.78, 5) is 35.2. The van der Waals surface area contributed by atoms with Crippen molar-refractivity contribution in [1.29, 1.82) is 0 Å². The van der Waals surface area contributed by atoms with Crippen molar-refractivity contribution in [1.82, 2.24) is 5.32 Å². The van der Waals surface area contributed by atoms with E-state index in [2.05, 4.69) is 0 Å². The highest BCUT2D eigenvalue weighted by Crippen LogP contribution is 2.25. The second kappa shape index (κ2) is 8.28. The third kappa shape index (κ3) is 4.59. The Morgan fingerprint density at radius 3 is 2.71 bits per heavy atom. The van der Waals surface area contributed by atoms with Gasteiger partial charge in [-0.2, -0.15) is 8.78 Å². The van der Waals surface area contributed by atoms with Gasteiger partial charge in [0, 0.05) is 12.8 Å². The molecule has 1 N–H and O–H groups in total. The minimum Gasteiger partial charge on any atom is -0.442 e. The SMILES string of the molecule is O=C1C=CC(Cc2ccc(N3C[C@H](CNC(=O)C(F)F)OC3=O)cc2F)=CC1. The number of hydrogen-bond acceptors (Lipinski definition) is 4. The Hall–Kier alpha value is -3.10. The lowest BCUT2D eigenvalue weighted by atomic mass is 9.98. The standard InChI is InChI=1S/C19H17F3N2O4/c20-16-8-13(4-3-12(16)7-11-1-5-14(25)6-2-11)24-10-15(28-19(24)27)9-23-18(26)17(21)22/h1-5,8,15,17H,6-7,9-10H2,(H,23,26)/t15-/m0/s1. The third-order valence-corrected chi connectivity index (χ3v) is 4.37. The van der Waals surface area contributed by atoms with Crippen molar-refractivity contribution in [2.45, 2.75) is 25.4 Å². The second-order valence-corrected chi connectivity index (χ2v) is 6.40. The van der Waals surface area contributed by atoms with Crippen molar-refractivity contribution in [3.8, 4) is 0 Å². The van der Waals surface area contributed by atoms with Crippen molar-refractivity contribution < 1.29 is 32.3 Å². The van der Waals surface area contributed by atoms with Crippen molar-refractivity contribution in [3.05, 3.63) is 53.4 Å². The van der Waals surface area contributed by atoms with E-state index in [4.69, 9.17) is 4.74 Å². The van der Waals surface area contributed by atoms with Gasteiger partial charge in [0.2, 0.25) is 0 Å². The minimum atomic E-state index is -3.15. The van der Waals surface area contributed by atoms with E-state index in [-0.39, 0.29) is 31.0 Å². The van der Waals surface area contributed by atoms with Gasteiger partial charge in [-0.15, -0.1) is 0 Å². The molecule has 1 fully saturated rings. The molecule has 1 atom stereocenters.